The van der Waals surface area contributed by atoms with Crippen molar-refractivity contribution >= 4 is 23.3 Å². The second-order valence-electron chi connectivity index (χ2n) is 13.6. The fourth-order valence-corrected chi connectivity index (χ4v) is 6.97. The van der Waals surface area contributed by atoms with Gasteiger partial charge in [-0.05, 0) is 110 Å². The van der Waals surface area contributed by atoms with Gasteiger partial charge in [-0.1, -0.05) is 131 Å². The van der Waals surface area contributed by atoms with Crippen LogP contribution in [0.5, 0.6) is 0 Å². The van der Waals surface area contributed by atoms with Crippen LogP contribution in [-0.2, 0) is 46.5 Å². The minimum atomic E-state index is 0.882. The van der Waals surface area contributed by atoms with E-state index in [1.807, 2.05) is 20.7 Å². The summed E-state index contributed by atoms with van der Waals surface area (Å²) in [5.74, 6) is 0. The Bertz CT molecular complexity index is 1150. The Morgan fingerprint density at radius 3 is 1.59 bits per heavy atom. The summed E-state index contributed by atoms with van der Waals surface area (Å²) < 4.78 is 0. The maximum absolute atomic E-state index is 5.12. The average molecular weight is 718 g/mol. The summed E-state index contributed by atoms with van der Waals surface area (Å²) in [6, 6.07) is 11.7. The van der Waals surface area contributed by atoms with Gasteiger partial charge in [-0.3, -0.25) is 9.98 Å². The molecule has 0 saturated heterocycles. The van der Waals surface area contributed by atoms with E-state index in [4.69, 9.17) is 9.98 Å². The topological polar surface area (TPSA) is 24.7 Å². The average Bonchev–Trinajstić information content (AvgIpc) is 3.12. The van der Waals surface area contributed by atoms with Crippen LogP contribution < -0.4 is 0 Å². The van der Waals surface area contributed by atoms with Crippen LogP contribution >= 0.6 is 0 Å². The van der Waals surface area contributed by atoms with Crippen LogP contribution in [0.4, 0.5) is 11.4 Å². The molecular weight excluding hydrogens is 639 g/mol. The summed E-state index contributed by atoms with van der Waals surface area (Å²) in [6.45, 7) is 18.0. The number of nitrogens with zero attached hydrogens (tertiary/aromatic N) is 2. The first-order valence-electron chi connectivity index (χ1n) is 20.8. The first kappa shape index (κ1) is 45.3. The van der Waals surface area contributed by atoms with E-state index in [-0.39, 0.29) is 0 Å². The summed E-state index contributed by atoms with van der Waals surface area (Å²) in [4.78, 5) is 10.2. The Kier molecular flexibility index (Phi) is 28.7. The molecule has 0 aromatic heterocycles. The molecule has 0 aliphatic carbocycles. The molecule has 0 atom stereocenters. The monoisotopic (exact) mass is 717 g/mol. The molecule has 2 aromatic rings. The van der Waals surface area contributed by atoms with Crippen LogP contribution in [0.15, 0.2) is 40.3 Å². The van der Waals surface area contributed by atoms with Crippen molar-refractivity contribution in [3.05, 3.63) is 58.1 Å². The van der Waals surface area contributed by atoms with Gasteiger partial charge in [0.15, 0.2) is 0 Å². The van der Waals surface area contributed by atoms with E-state index >= 15 is 0 Å². The fraction of sp³-hybridized carbons (Fsp3) is 0.696. The van der Waals surface area contributed by atoms with Crippen molar-refractivity contribution in [2.75, 3.05) is 0 Å². The van der Waals surface area contributed by atoms with Gasteiger partial charge in [0, 0.05) is 6.21 Å². The molecule has 3 heteroatoms. The van der Waals surface area contributed by atoms with Crippen LogP contribution in [-0.4, -0.2) is 11.9 Å². The van der Waals surface area contributed by atoms with Crippen molar-refractivity contribution in [2.45, 2.75) is 207 Å². The third kappa shape index (κ3) is 21.3. The first-order valence-corrected chi connectivity index (χ1v) is 22.2. The van der Waals surface area contributed by atoms with E-state index < -0.39 is 0 Å². The molecule has 282 valence electrons. The van der Waals surface area contributed by atoms with Gasteiger partial charge in [-0.15, -0.1) is 0 Å². The van der Waals surface area contributed by atoms with Crippen molar-refractivity contribution in [1.29, 1.82) is 0 Å². The number of hydrogen-bond acceptors (Lipinski definition) is 2. The first-order chi connectivity index (χ1) is 24.0. The van der Waals surface area contributed by atoms with Crippen molar-refractivity contribution in [1.82, 2.24) is 0 Å². The van der Waals surface area contributed by atoms with E-state index in [9.17, 15) is 0 Å². The Balaban J connectivity index is 0.00000223. The summed E-state index contributed by atoms with van der Waals surface area (Å²) in [7, 11) is 0. The third-order valence-corrected chi connectivity index (χ3v) is 10.4. The molecule has 0 unspecified atom stereocenters. The number of unbranched alkanes of at least 4 members (excludes halogenated alkanes) is 13. The molecule has 0 bridgehead atoms. The van der Waals surface area contributed by atoms with E-state index in [0.29, 0.717) is 0 Å². The molecule has 0 fully saturated rings. The van der Waals surface area contributed by atoms with Gasteiger partial charge >= 0.3 is 39.1 Å². The van der Waals surface area contributed by atoms with Crippen LogP contribution in [0.3, 0.4) is 0 Å². The summed E-state index contributed by atoms with van der Waals surface area (Å²) in [6.07, 6.45) is 30.0. The van der Waals surface area contributed by atoms with Crippen LogP contribution in [0.1, 0.15) is 192 Å². The van der Waals surface area contributed by atoms with Gasteiger partial charge in [-0.2, -0.15) is 0 Å². The van der Waals surface area contributed by atoms with E-state index in [1.54, 1.807) is 11.1 Å². The SMILES string of the molecule is CCCCCCCCc1cc(CC)cc(N=C(C=Nc2cc(CC)c(CCCCCC)c(CCCCCCCC)c2)CC)c1.C[CH2][Ni][CH2]C. The molecule has 49 heavy (non-hydrogen) atoms. The van der Waals surface area contributed by atoms with Crippen molar-refractivity contribution < 1.29 is 14.4 Å². The molecule has 0 radical (unpaired) electrons. The standard InChI is InChI=1S/C42H68N2.2C2H5.Ni/c1-7-13-16-19-21-23-26-36-29-35(10-4)30-41(31-36)44-39(12-6)34-43-40-32-37(11-5)42(28-25-18-15-9-3)38(33-40)27-24-22-20-17-14-8-2;2*1-2;/h29-34H,7-28H2,1-6H3;2*1H2,2H3;. The second kappa shape index (κ2) is 31.0. The molecule has 0 N–H and O–H groups in total. The van der Waals surface area contributed by atoms with Gasteiger partial charge in [0.05, 0.1) is 17.1 Å². The van der Waals surface area contributed by atoms with Gasteiger partial charge in [0.2, 0.25) is 0 Å². The molecular formula is C46H78N2Ni. The summed E-state index contributed by atoms with van der Waals surface area (Å²) >= 11 is 1.82. The Morgan fingerprint density at radius 1 is 0.510 bits per heavy atom. The predicted octanol–water partition coefficient (Wildman–Crippen LogP) is 15.6. The van der Waals surface area contributed by atoms with Crippen molar-refractivity contribution in [3.63, 3.8) is 0 Å². The molecule has 2 nitrogen and oxygen atoms in total. The molecule has 0 aliphatic heterocycles. The molecule has 0 amide bonds. The van der Waals surface area contributed by atoms with Crippen LogP contribution in [0.2, 0.25) is 10.8 Å². The summed E-state index contributed by atoms with van der Waals surface area (Å²) in [5, 5.41) is 2.56. The number of hydrogen-bond donors (Lipinski definition) is 0. The number of aliphatic imine (C=N–C) groups is 2. The molecule has 2 aromatic carbocycles. The number of aryl methyl sites for hydroxylation is 4. The van der Waals surface area contributed by atoms with Gasteiger partial charge in [0.25, 0.3) is 0 Å². The quantitative estimate of drug-likeness (QED) is 0.0499. The summed E-state index contributed by atoms with van der Waals surface area (Å²) in [5.41, 5.74) is 10.8. The molecule has 2 rings (SSSR count). The zero-order chi connectivity index (χ0) is 36.0. The van der Waals surface area contributed by atoms with E-state index in [1.165, 1.54) is 143 Å². The third-order valence-electron chi connectivity index (χ3n) is 9.46. The minimum absolute atomic E-state index is 0.882. The Morgan fingerprint density at radius 2 is 1.04 bits per heavy atom. The zero-order valence-corrected chi connectivity index (χ0v) is 34.6. The Labute approximate surface area is 312 Å². The normalized spacial score (nSPS) is 11.8. The maximum atomic E-state index is 5.12. The van der Waals surface area contributed by atoms with E-state index in [0.717, 1.165) is 42.8 Å². The van der Waals surface area contributed by atoms with Crippen LogP contribution in [0, 0.1) is 0 Å². The molecule has 0 spiro atoms. The van der Waals surface area contributed by atoms with Crippen molar-refractivity contribution in [2.24, 2.45) is 9.98 Å². The molecule has 0 heterocycles. The van der Waals surface area contributed by atoms with Gasteiger partial charge in [0.1, 0.15) is 0 Å². The number of benzene rings is 2. The van der Waals surface area contributed by atoms with Crippen molar-refractivity contribution in [3.8, 4) is 0 Å². The second-order valence-corrected chi connectivity index (χ2v) is 15.5. The van der Waals surface area contributed by atoms with Gasteiger partial charge in [-0.25, -0.2) is 0 Å². The van der Waals surface area contributed by atoms with Gasteiger partial charge < -0.3 is 0 Å². The zero-order valence-electron chi connectivity index (χ0n) is 33.6. The van der Waals surface area contributed by atoms with Crippen LogP contribution in [0.25, 0.3) is 0 Å². The fourth-order valence-electron chi connectivity index (χ4n) is 6.48. The predicted molar refractivity (Wildman–Crippen MR) is 220 cm³/mol. The number of rotatable bonds is 27. The Hall–Kier alpha value is -1.73. The van der Waals surface area contributed by atoms with E-state index in [2.05, 4.69) is 85.7 Å². The molecule has 0 saturated carbocycles. The molecule has 0 aliphatic rings.